The first-order valence-corrected chi connectivity index (χ1v) is 13.2. The number of benzene rings is 2. The molecule has 2 aromatic rings. The van der Waals surface area contributed by atoms with Crippen LogP contribution in [0.2, 0.25) is 0 Å². The minimum Gasteiger partial charge on any atom is -0.497 e. The first-order valence-electron chi connectivity index (χ1n) is 11.3. The van der Waals surface area contributed by atoms with Crippen molar-refractivity contribution < 1.29 is 27.5 Å². The van der Waals surface area contributed by atoms with Crippen molar-refractivity contribution in [3.05, 3.63) is 54.1 Å². The molecular formula is C25H35N3O6S. The van der Waals surface area contributed by atoms with E-state index in [1.165, 1.54) is 25.2 Å². The Labute approximate surface area is 208 Å². The Morgan fingerprint density at radius 3 is 2.23 bits per heavy atom. The minimum atomic E-state index is -3.90. The molecule has 0 saturated heterocycles. The molecule has 0 aliphatic heterocycles. The average Bonchev–Trinajstić information content (AvgIpc) is 2.84. The summed E-state index contributed by atoms with van der Waals surface area (Å²) in [6.07, 6.45) is 1.75. The van der Waals surface area contributed by atoms with Crippen LogP contribution in [0.1, 0.15) is 32.8 Å². The van der Waals surface area contributed by atoms with Crippen molar-refractivity contribution in [2.75, 3.05) is 31.3 Å². The van der Waals surface area contributed by atoms with E-state index in [1.807, 2.05) is 44.2 Å². The highest BCUT2D eigenvalue weighted by Crippen LogP contribution is 2.34. The van der Waals surface area contributed by atoms with Gasteiger partial charge in [0, 0.05) is 18.7 Å². The summed E-state index contributed by atoms with van der Waals surface area (Å²) in [5, 5.41) is 2.90. The number of amides is 2. The van der Waals surface area contributed by atoms with E-state index < -0.39 is 28.5 Å². The van der Waals surface area contributed by atoms with Gasteiger partial charge in [-0.15, -0.1) is 0 Å². The number of carbonyl (C=O) groups is 2. The second-order valence-corrected chi connectivity index (χ2v) is 10.2. The average molecular weight is 506 g/mol. The van der Waals surface area contributed by atoms with Gasteiger partial charge in [-0.05, 0) is 38.0 Å². The molecule has 0 aliphatic rings. The lowest BCUT2D eigenvalue weighted by molar-refractivity contribution is -0.139. The molecule has 0 bridgehead atoms. The van der Waals surface area contributed by atoms with Crippen LogP contribution in [0.25, 0.3) is 0 Å². The Bertz CT molecular complexity index is 1110. The highest BCUT2D eigenvalue weighted by Gasteiger charge is 2.31. The van der Waals surface area contributed by atoms with Crippen LogP contribution in [-0.4, -0.2) is 64.2 Å². The molecule has 0 unspecified atom stereocenters. The second kappa shape index (κ2) is 12.4. The van der Waals surface area contributed by atoms with Crippen molar-refractivity contribution in [1.82, 2.24) is 10.2 Å². The van der Waals surface area contributed by atoms with Crippen LogP contribution in [0.4, 0.5) is 5.69 Å². The molecule has 10 heteroatoms. The number of methoxy groups -OCH3 is 2. The molecule has 0 saturated carbocycles. The SMILES string of the molecule is CC[C@H](C)NC(=O)[C@H](C)N(Cc1ccccc1)C(=O)CN(c1cc(OC)ccc1OC)S(C)(=O)=O. The van der Waals surface area contributed by atoms with Crippen molar-refractivity contribution in [2.24, 2.45) is 0 Å². The lowest BCUT2D eigenvalue weighted by Crippen LogP contribution is -2.52. The maximum atomic E-state index is 13.6. The molecule has 2 atom stereocenters. The normalized spacial score (nSPS) is 12.9. The highest BCUT2D eigenvalue weighted by atomic mass is 32.2. The summed E-state index contributed by atoms with van der Waals surface area (Å²) in [6, 6.07) is 13.0. The topological polar surface area (TPSA) is 105 Å². The van der Waals surface area contributed by atoms with E-state index in [0.717, 1.165) is 22.5 Å². The van der Waals surface area contributed by atoms with Crippen LogP contribution >= 0.6 is 0 Å². The van der Waals surface area contributed by atoms with Crippen LogP contribution < -0.4 is 19.1 Å². The van der Waals surface area contributed by atoms with E-state index in [2.05, 4.69) is 5.32 Å². The van der Waals surface area contributed by atoms with Gasteiger partial charge in [0.15, 0.2) is 0 Å². The van der Waals surface area contributed by atoms with Crippen molar-refractivity contribution in [3.8, 4) is 11.5 Å². The van der Waals surface area contributed by atoms with Crippen molar-refractivity contribution >= 4 is 27.5 Å². The lowest BCUT2D eigenvalue weighted by atomic mass is 10.1. The molecular weight excluding hydrogens is 470 g/mol. The van der Waals surface area contributed by atoms with E-state index in [9.17, 15) is 18.0 Å². The van der Waals surface area contributed by atoms with Crippen LogP contribution in [0.3, 0.4) is 0 Å². The Hall–Kier alpha value is -3.27. The molecule has 0 heterocycles. The Morgan fingerprint density at radius 2 is 1.69 bits per heavy atom. The number of hydrogen-bond donors (Lipinski definition) is 1. The van der Waals surface area contributed by atoms with Crippen molar-refractivity contribution in [3.63, 3.8) is 0 Å². The number of carbonyl (C=O) groups excluding carboxylic acids is 2. The third-order valence-electron chi connectivity index (χ3n) is 5.70. The van der Waals surface area contributed by atoms with E-state index in [4.69, 9.17) is 9.47 Å². The van der Waals surface area contributed by atoms with Gasteiger partial charge in [0.25, 0.3) is 0 Å². The molecule has 9 nitrogen and oxygen atoms in total. The largest absolute Gasteiger partial charge is 0.497 e. The second-order valence-electron chi connectivity index (χ2n) is 8.31. The molecule has 35 heavy (non-hydrogen) atoms. The third-order valence-corrected chi connectivity index (χ3v) is 6.82. The summed E-state index contributed by atoms with van der Waals surface area (Å²) < 4.78 is 37.1. The lowest BCUT2D eigenvalue weighted by Gasteiger charge is -2.32. The first-order chi connectivity index (χ1) is 16.5. The monoisotopic (exact) mass is 505 g/mol. The summed E-state index contributed by atoms with van der Waals surface area (Å²) >= 11 is 0. The molecule has 2 aromatic carbocycles. The molecule has 0 spiro atoms. The van der Waals surface area contributed by atoms with Gasteiger partial charge in [-0.1, -0.05) is 37.3 Å². The van der Waals surface area contributed by atoms with Gasteiger partial charge in [-0.2, -0.15) is 0 Å². The quantitative estimate of drug-likeness (QED) is 0.476. The fourth-order valence-corrected chi connectivity index (χ4v) is 4.26. The Balaban J connectivity index is 2.45. The van der Waals surface area contributed by atoms with Gasteiger partial charge in [0.05, 0.1) is 26.2 Å². The summed E-state index contributed by atoms with van der Waals surface area (Å²) in [5.74, 6) is -0.171. The van der Waals surface area contributed by atoms with Crippen LogP contribution in [0.5, 0.6) is 11.5 Å². The molecule has 0 radical (unpaired) electrons. The van der Waals surface area contributed by atoms with Gasteiger partial charge in [-0.3, -0.25) is 13.9 Å². The Kier molecular flexibility index (Phi) is 9.94. The van der Waals surface area contributed by atoms with Crippen molar-refractivity contribution in [2.45, 2.75) is 45.8 Å². The van der Waals surface area contributed by atoms with Gasteiger partial charge >= 0.3 is 0 Å². The smallest absolute Gasteiger partial charge is 0.244 e. The number of sulfonamides is 1. The number of nitrogens with one attached hydrogen (secondary N) is 1. The fraction of sp³-hybridized carbons (Fsp3) is 0.440. The van der Waals surface area contributed by atoms with Crippen LogP contribution in [-0.2, 0) is 26.2 Å². The maximum absolute atomic E-state index is 13.6. The zero-order valence-corrected chi connectivity index (χ0v) is 22.0. The van der Waals surface area contributed by atoms with Crippen molar-refractivity contribution in [1.29, 1.82) is 0 Å². The summed E-state index contributed by atoms with van der Waals surface area (Å²) in [6.45, 7) is 5.09. The van der Waals surface area contributed by atoms with Gasteiger partial charge in [0.2, 0.25) is 21.8 Å². The zero-order valence-electron chi connectivity index (χ0n) is 21.1. The predicted octanol–water partition coefficient (Wildman–Crippen LogP) is 2.80. The number of hydrogen-bond acceptors (Lipinski definition) is 6. The van der Waals surface area contributed by atoms with Crippen LogP contribution in [0.15, 0.2) is 48.5 Å². The van der Waals surface area contributed by atoms with Gasteiger partial charge in [0.1, 0.15) is 24.1 Å². The summed E-state index contributed by atoms with van der Waals surface area (Å²) in [4.78, 5) is 27.9. The van der Waals surface area contributed by atoms with E-state index in [1.54, 1.807) is 19.1 Å². The van der Waals surface area contributed by atoms with Gasteiger partial charge < -0.3 is 19.7 Å². The van der Waals surface area contributed by atoms with E-state index >= 15 is 0 Å². The maximum Gasteiger partial charge on any atom is 0.244 e. The molecule has 0 fully saturated rings. The minimum absolute atomic E-state index is 0.0628. The predicted molar refractivity (Wildman–Crippen MR) is 136 cm³/mol. The van der Waals surface area contributed by atoms with E-state index in [0.29, 0.717) is 5.75 Å². The van der Waals surface area contributed by atoms with E-state index in [-0.39, 0.29) is 29.9 Å². The molecule has 0 aliphatic carbocycles. The fourth-order valence-electron chi connectivity index (χ4n) is 3.41. The molecule has 1 N–H and O–H groups in total. The van der Waals surface area contributed by atoms with Crippen LogP contribution in [0, 0.1) is 0 Å². The Morgan fingerprint density at radius 1 is 1.03 bits per heavy atom. The number of nitrogens with zero attached hydrogens (tertiary/aromatic N) is 2. The number of anilines is 1. The molecule has 192 valence electrons. The summed E-state index contributed by atoms with van der Waals surface area (Å²) in [7, 11) is -1.02. The van der Waals surface area contributed by atoms with Gasteiger partial charge in [-0.25, -0.2) is 8.42 Å². The molecule has 2 amide bonds. The number of ether oxygens (including phenoxy) is 2. The molecule has 0 aromatic heterocycles. The standard InChI is InChI=1S/C25H35N3O6S/c1-7-18(2)26-25(30)19(3)27(16-20-11-9-8-10-12-20)24(29)17-28(35(6,31)32)22-15-21(33-4)13-14-23(22)34-5/h8-15,18-19H,7,16-17H2,1-6H3,(H,26,30)/t18-,19-/m0/s1. The first kappa shape index (κ1) is 28.0. The summed E-state index contributed by atoms with van der Waals surface area (Å²) in [5.41, 5.74) is 0.980. The third kappa shape index (κ3) is 7.61. The molecule has 2 rings (SSSR count). The number of rotatable bonds is 12. The highest BCUT2D eigenvalue weighted by molar-refractivity contribution is 7.92. The zero-order chi connectivity index (χ0) is 26.2.